The maximum Gasteiger partial charge on any atom is 0.336 e. The fourth-order valence-corrected chi connectivity index (χ4v) is 5.30. The van der Waals surface area contributed by atoms with Gasteiger partial charge in [0.2, 0.25) is 5.88 Å². The number of allylic oxidation sites excluding steroid dienone is 2. The number of ether oxygens (including phenoxy) is 3. The first-order valence-electron chi connectivity index (χ1n) is 14.4. The van der Waals surface area contributed by atoms with Gasteiger partial charge in [0.1, 0.15) is 0 Å². The topological polar surface area (TPSA) is 146 Å². The molecule has 0 saturated heterocycles. The summed E-state index contributed by atoms with van der Waals surface area (Å²) in [6.45, 7) is 5.90. The molecule has 0 fully saturated rings. The van der Waals surface area contributed by atoms with E-state index in [4.69, 9.17) is 25.8 Å². The molecule has 4 rings (SSSR count). The highest BCUT2D eigenvalue weighted by molar-refractivity contribution is 6.33. The van der Waals surface area contributed by atoms with E-state index in [1.807, 2.05) is 30.3 Å². The molecule has 0 bridgehead atoms. The van der Waals surface area contributed by atoms with Crippen molar-refractivity contribution >= 4 is 29.2 Å². The van der Waals surface area contributed by atoms with Gasteiger partial charge in [-0.15, -0.1) is 5.10 Å². The Kier molecular flexibility index (Phi) is 11.1. The van der Waals surface area contributed by atoms with Crippen molar-refractivity contribution < 1.29 is 28.7 Å². The van der Waals surface area contributed by atoms with Crippen molar-refractivity contribution in [1.82, 2.24) is 15.5 Å². The van der Waals surface area contributed by atoms with Crippen molar-refractivity contribution in [2.75, 3.05) is 19.8 Å². The van der Waals surface area contributed by atoms with E-state index in [2.05, 4.69) is 15.5 Å². The van der Waals surface area contributed by atoms with Crippen LogP contribution in [0.1, 0.15) is 57.9 Å². The normalized spacial score (nSPS) is 14.7. The van der Waals surface area contributed by atoms with Crippen LogP contribution in [0.25, 0.3) is 11.3 Å². The minimum atomic E-state index is -0.889. The Labute approximate surface area is 260 Å². The maximum absolute atomic E-state index is 13.4. The Morgan fingerprint density at radius 3 is 2.30 bits per heavy atom. The molecule has 44 heavy (non-hydrogen) atoms. The number of nitro groups is 1. The number of unbranched alkanes of at least 4 members (excludes halogenated alkanes) is 3. The number of nitrogens with zero attached hydrogens (tertiary/aromatic N) is 2. The molecule has 0 spiro atoms. The molecular weight excluding hydrogens is 588 g/mol. The molecular formula is C32H35ClN4O7. The fourth-order valence-electron chi connectivity index (χ4n) is 5.07. The summed E-state index contributed by atoms with van der Waals surface area (Å²) in [4.78, 5) is 37.3. The zero-order valence-corrected chi connectivity index (χ0v) is 25.6. The lowest BCUT2D eigenvalue weighted by molar-refractivity contribution is -0.384. The Balaban J connectivity index is 1.31. The van der Waals surface area contributed by atoms with Crippen LogP contribution in [-0.4, -0.2) is 46.9 Å². The number of benzene rings is 2. The molecule has 1 unspecified atom stereocenters. The van der Waals surface area contributed by atoms with Crippen LogP contribution in [0.15, 0.2) is 77.1 Å². The molecule has 0 aliphatic carbocycles. The van der Waals surface area contributed by atoms with Gasteiger partial charge in [-0.05, 0) is 58.1 Å². The Morgan fingerprint density at radius 2 is 1.61 bits per heavy atom. The molecule has 2 N–H and O–H groups in total. The first kappa shape index (κ1) is 32.3. The maximum atomic E-state index is 13.4. The summed E-state index contributed by atoms with van der Waals surface area (Å²) in [7, 11) is 0. The summed E-state index contributed by atoms with van der Waals surface area (Å²) < 4.78 is 16.7. The van der Waals surface area contributed by atoms with Crippen LogP contribution in [0.5, 0.6) is 5.88 Å². The second-order valence-corrected chi connectivity index (χ2v) is 10.6. The number of hydrogen-bond donors (Lipinski definition) is 2. The summed E-state index contributed by atoms with van der Waals surface area (Å²) in [5.41, 5.74) is 3.33. The quantitative estimate of drug-likeness (QED) is 0.0876. The van der Waals surface area contributed by atoms with Crippen LogP contribution in [-0.2, 0) is 19.1 Å². The minimum Gasteiger partial charge on any atom is -0.477 e. The lowest BCUT2D eigenvalue weighted by atomic mass is 9.80. The van der Waals surface area contributed by atoms with Crippen LogP contribution in [0.3, 0.4) is 0 Å². The SMILES string of the molecule is CCOC(=O)C1=C(C)NC(C)=C(C(=O)OCCCCCCOc2cc(-c3ccccc3Cl)[nH]n2)C1c1cccc([N+](=O)[O-])c1. The molecule has 1 atom stereocenters. The molecule has 2 heterocycles. The zero-order chi connectivity index (χ0) is 31.6. The summed E-state index contributed by atoms with van der Waals surface area (Å²) in [6, 6.07) is 15.2. The molecule has 12 heteroatoms. The van der Waals surface area contributed by atoms with Crippen molar-refractivity contribution in [3.63, 3.8) is 0 Å². The van der Waals surface area contributed by atoms with Crippen molar-refractivity contribution in [3.8, 4) is 17.1 Å². The fraction of sp³-hybridized carbons (Fsp3) is 0.344. The van der Waals surface area contributed by atoms with Gasteiger partial charge in [-0.1, -0.05) is 41.9 Å². The number of aromatic nitrogens is 2. The highest BCUT2D eigenvalue weighted by Crippen LogP contribution is 2.40. The number of halogens is 1. The number of dihydropyridines is 1. The Morgan fingerprint density at radius 1 is 0.932 bits per heavy atom. The van der Waals surface area contributed by atoms with E-state index in [1.54, 1.807) is 26.8 Å². The molecule has 0 saturated carbocycles. The molecule has 2 aromatic carbocycles. The van der Waals surface area contributed by atoms with E-state index < -0.39 is 22.8 Å². The zero-order valence-electron chi connectivity index (χ0n) is 24.9. The second-order valence-electron chi connectivity index (χ2n) is 10.2. The number of H-pyrrole nitrogens is 1. The third-order valence-corrected chi connectivity index (χ3v) is 7.46. The number of nitrogens with one attached hydrogen (secondary N) is 2. The first-order valence-corrected chi connectivity index (χ1v) is 14.8. The van der Waals surface area contributed by atoms with Crippen molar-refractivity contribution in [2.24, 2.45) is 0 Å². The Bertz CT molecular complexity index is 1580. The molecule has 232 valence electrons. The number of rotatable bonds is 14. The van der Waals surface area contributed by atoms with Gasteiger partial charge in [0.25, 0.3) is 5.69 Å². The predicted octanol–water partition coefficient (Wildman–Crippen LogP) is 6.62. The average Bonchev–Trinajstić information content (AvgIpc) is 3.47. The number of hydrogen-bond acceptors (Lipinski definition) is 9. The predicted molar refractivity (Wildman–Crippen MR) is 165 cm³/mol. The van der Waals surface area contributed by atoms with Crippen LogP contribution in [0, 0.1) is 10.1 Å². The standard InChI is InChI=1S/C32H35ClN4O7/c1-4-42-31(38)28-20(2)34-21(3)29(30(28)22-12-11-13-23(18-22)37(40)41)32(39)44-17-10-6-5-9-16-43-27-19-26(35-36-27)24-14-7-8-15-25(24)33/h7-8,11-15,18-19,30,34H,4-6,9-10,16-17H2,1-3H3,(H,35,36). The van der Waals surface area contributed by atoms with Gasteiger partial charge < -0.3 is 19.5 Å². The molecule has 0 radical (unpaired) electrons. The number of carbonyl (C=O) groups excluding carboxylic acids is 2. The van der Waals surface area contributed by atoms with Crippen LogP contribution < -0.4 is 10.1 Å². The number of esters is 2. The van der Waals surface area contributed by atoms with Gasteiger partial charge in [-0.25, -0.2) is 9.59 Å². The van der Waals surface area contributed by atoms with E-state index in [9.17, 15) is 19.7 Å². The molecule has 0 amide bonds. The smallest absolute Gasteiger partial charge is 0.336 e. The summed E-state index contributed by atoms with van der Waals surface area (Å²) in [5, 5.41) is 22.3. The Hall–Kier alpha value is -4.64. The summed E-state index contributed by atoms with van der Waals surface area (Å²) in [5.74, 6) is -1.61. The van der Waals surface area contributed by atoms with Gasteiger partial charge in [-0.3, -0.25) is 15.2 Å². The molecule has 1 aromatic heterocycles. The summed E-state index contributed by atoms with van der Waals surface area (Å²) >= 11 is 6.24. The van der Waals surface area contributed by atoms with E-state index in [-0.39, 0.29) is 30.0 Å². The molecule has 11 nitrogen and oxygen atoms in total. The van der Waals surface area contributed by atoms with E-state index in [0.29, 0.717) is 40.9 Å². The number of nitro benzene ring substituents is 1. The van der Waals surface area contributed by atoms with Gasteiger partial charge in [0, 0.05) is 40.2 Å². The number of aromatic amines is 1. The monoisotopic (exact) mass is 622 g/mol. The van der Waals surface area contributed by atoms with Crippen LogP contribution in [0.2, 0.25) is 5.02 Å². The largest absolute Gasteiger partial charge is 0.477 e. The lowest BCUT2D eigenvalue weighted by Gasteiger charge is -2.30. The van der Waals surface area contributed by atoms with Crippen molar-refractivity contribution in [1.29, 1.82) is 0 Å². The highest BCUT2D eigenvalue weighted by atomic mass is 35.5. The number of carbonyl (C=O) groups is 2. The van der Waals surface area contributed by atoms with Crippen molar-refractivity contribution in [3.05, 3.63) is 97.8 Å². The number of non-ortho nitro benzene ring substituents is 1. The van der Waals surface area contributed by atoms with E-state index in [0.717, 1.165) is 30.5 Å². The van der Waals surface area contributed by atoms with Crippen molar-refractivity contribution in [2.45, 2.75) is 52.4 Å². The third-order valence-electron chi connectivity index (χ3n) is 7.13. The van der Waals surface area contributed by atoms with Gasteiger partial charge >= 0.3 is 11.9 Å². The van der Waals surface area contributed by atoms with Crippen LogP contribution in [0.4, 0.5) is 5.69 Å². The first-order chi connectivity index (χ1) is 21.2. The summed E-state index contributed by atoms with van der Waals surface area (Å²) in [6.07, 6.45) is 3.08. The second kappa shape index (κ2) is 15.2. The average molecular weight is 623 g/mol. The van der Waals surface area contributed by atoms with Gasteiger partial charge in [-0.2, -0.15) is 0 Å². The van der Waals surface area contributed by atoms with E-state index >= 15 is 0 Å². The molecule has 3 aromatic rings. The highest BCUT2D eigenvalue weighted by Gasteiger charge is 2.38. The van der Waals surface area contributed by atoms with Gasteiger partial charge in [0.15, 0.2) is 0 Å². The van der Waals surface area contributed by atoms with E-state index in [1.165, 1.54) is 18.2 Å². The van der Waals surface area contributed by atoms with Gasteiger partial charge in [0.05, 0.1) is 47.5 Å². The lowest BCUT2D eigenvalue weighted by Crippen LogP contribution is -2.32. The molecule has 1 aliphatic heterocycles. The molecule has 1 aliphatic rings. The van der Waals surface area contributed by atoms with Crippen LogP contribution >= 0.6 is 11.6 Å². The third kappa shape index (κ3) is 7.84. The minimum absolute atomic E-state index is 0.135.